The highest BCUT2D eigenvalue weighted by Crippen LogP contribution is 2.15. The smallest absolute Gasteiger partial charge is 0.241 e. The summed E-state index contributed by atoms with van der Waals surface area (Å²) in [5.41, 5.74) is 1.55. The van der Waals surface area contributed by atoms with E-state index in [0.29, 0.717) is 11.4 Å². The molecule has 3 N–H and O–H groups in total. The van der Waals surface area contributed by atoms with Gasteiger partial charge in [0.1, 0.15) is 0 Å². The molecule has 108 valence electrons. The van der Waals surface area contributed by atoms with E-state index in [2.05, 4.69) is 20.2 Å². The maximum Gasteiger partial charge on any atom is 0.241 e. The van der Waals surface area contributed by atoms with Crippen LogP contribution in [-0.2, 0) is 23.1 Å². The number of aromatic nitrogens is 2. The van der Waals surface area contributed by atoms with E-state index in [1.54, 1.807) is 24.5 Å². The molecule has 0 fully saturated rings. The lowest BCUT2D eigenvalue weighted by Crippen LogP contribution is -2.25. The molecule has 2 aromatic rings. The van der Waals surface area contributed by atoms with Gasteiger partial charge in [-0.25, -0.2) is 13.1 Å². The summed E-state index contributed by atoms with van der Waals surface area (Å²) < 4.78 is 27.3. The second-order valence-corrected chi connectivity index (χ2v) is 6.05. The number of H-pyrrole nitrogens is 1. The van der Waals surface area contributed by atoms with Gasteiger partial charge in [-0.05, 0) is 18.2 Å². The number of hydrogen-bond donors (Lipinski definition) is 3. The minimum Gasteiger partial charge on any atom is -0.313 e. The van der Waals surface area contributed by atoms with E-state index in [1.165, 1.54) is 0 Å². The summed E-state index contributed by atoms with van der Waals surface area (Å²) in [7, 11) is -3.53. The lowest BCUT2D eigenvalue weighted by Gasteiger charge is -2.11. The highest BCUT2D eigenvalue weighted by molar-refractivity contribution is 7.89. The van der Waals surface area contributed by atoms with Crippen LogP contribution in [0.1, 0.15) is 18.1 Å². The fraction of sp³-hybridized carbons (Fsp3) is 0.308. The van der Waals surface area contributed by atoms with Crippen molar-refractivity contribution in [2.24, 2.45) is 0 Å². The molecule has 20 heavy (non-hydrogen) atoms. The summed E-state index contributed by atoms with van der Waals surface area (Å²) in [6, 6.07) is 6.99. The Morgan fingerprint density at radius 3 is 2.75 bits per heavy atom. The SMILES string of the molecule is CCNCc1ccccc1S(=O)(=O)NCc1cn[nH]c1. The number of sulfonamides is 1. The molecule has 0 unspecified atom stereocenters. The summed E-state index contributed by atoms with van der Waals surface area (Å²) in [5, 5.41) is 9.57. The largest absolute Gasteiger partial charge is 0.313 e. The standard InChI is InChI=1S/C13H18N4O2S/c1-2-14-10-12-5-3-4-6-13(12)20(18,19)17-9-11-7-15-16-8-11/h3-8,14,17H,2,9-10H2,1H3,(H,15,16). The zero-order valence-electron chi connectivity index (χ0n) is 11.3. The van der Waals surface area contributed by atoms with Crippen LogP contribution in [0.4, 0.5) is 0 Å². The first kappa shape index (κ1) is 14.7. The molecule has 0 spiro atoms. The lowest BCUT2D eigenvalue weighted by atomic mass is 10.2. The van der Waals surface area contributed by atoms with Gasteiger partial charge in [-0.3, -0.25) is 5.10 Å². The summed E-state index contributed by atoms with van der Waals surface area (Å²) in [6.45, 7) is 3.51. The van der Waals surface area contributed by atoms with Crippen molar-refractivity contribution in [1.29, 1.82) is 0 Å². The minimum atomic E-state index is -3.53. The predicted octanol–water partition coefficient (Wildman–Crippen LogP) is 0.998. The maximum absolute atomic E-state index is 12.3. The first-order valence-electron chi connectivity index (χ1n) is 6.39. The Kier molecular flexibility index (Phi) is 4.89. The summed E-state index contributed by atoms with van der Waals surface area (Å²) >= 11 is 0. The van der Waals surface area contributed by atoms with E-state index in [4.69, 9.17) is 0 Å². The third-order valence-electron chi connectivity index (χ3n) is 2.85. The molecule has 0 saturated heterocycles. The van der Waals surface area contributed by atoms with Crippen molar-refractivity contribution < 1.29 is 8.42 Å². The van der Waals surface area contributed by atoms with Crippen LogP contribution in [0.3, 0.4) is 0 Å². The van der Waals surface area contributed by atoms with Crippen molar-refractivity contribution in [3.63, 3.8) is 0 Å². The van der Waals surface area contributed by atoms with Gasteiger partial charge in [0.2, 0.25) is 10.0 Å². The average Bonchev–Trinajstić information content (AvgIpc) is 2.97. The molecule has 0 atom stereocenters. The molecule has 0 amide bonds. The van der Waals surface area contributed by atoms with E-state index < -0.39 is 10.0 Å². The van der Waals surface area contributed by atoms with Crippen molar-refractivity contribution in [3.8, 4) is 0 Å². The van der Waals surface area contributed by atoms with Gasteiger partial charge < -0.3 is 5.32 Å². The van der Waals surface area contributed by atoms with Gasteiger partial charge in [0, 0.05) is 24.8 Å². The summed E-state index contributed by atoms with van der Waals surface area (Å²) in [5.74, 6) is 0. The zero-order valence-corrected chi connectivity index (χ0v) is 12.1. The second-order valence-electron chi connectivity index (χ2n) is 4.32. The van der Waals surface area contributed by atoms with Crippen LogP contribution in [0.5, 0.6) is 0 Å². The van der Waals surface area contributed by atoms with Crippen LogP contribution in [0, 0.1) is 0 Å². The molecule has 0 aliphatic heterocycles. The number of nitrogens with zero attached hydrogens (tertiary/aromatic N) is 1. The molecule has 1 aromatic heterocycles. The van der Waals surface area contributed by atoms with Crippen LogP contribution < -0.4 is 10.0 Å². The molecule has 1 heterocycles. The van der Waals surface area contributed by atoms with Crippen LogP contribution >= 0.6 is 0 Å². The fourth-order valence-corrected chi connectivity index (χ4v) is 3.06. The third kappa shape index (κ3) is 3.66. The Hall–Kier alpha value is -1.70. The van der Waals surface area contributed by atoms with Crippen LogP contribution in [0.15, 0.2) is 41.6 Å². The lowest BCUT2D eigenvalue weighted by molar-refractivity contribution is 0.578. The first-order chi connectivity index (χ1) is 9.63. The molecule has 0 saturated carbocycles. The number of benzene rings is 1. The van der Waals surface area contributed by atoms with Gasteiger partial charge in [0.05, 0.1) is 11.1 Å². The number of hydrogen-bond acceptors (Lipinski definition) is 4. The van der Waals surface area contributed by atoms with E-state index in [0.717, 1.165) is 17.7 Å². The normalized spacial score (nSPS) is 11.7. The number of nitrogens with one attached hydrogen (secondary N) is 3. The molecule has 1 aromatic carbocycles. The molecule has 6 nitrogen and oxygen atoms in total. The van der Waals surface area contributed by atoms with Gasteiger partial charge in [-0.15, -0.1) is 0 Å². The van der Waals surface area contributed by atoms with Crippen molar-refractivity contribution >= 4 is 10.0 Å². The van der Waals surface area contributed by atoms with Crippen molar-refractivity contribution in [3.05, 3.63) is 47.8 Å². The van der Waals surface area contributed by atoms with Crippen LogP contribution in [0.25, 0.3) is 0 Å². The minimum absolute atomic E-state index is 0.217. The van der Waals surface area contributed by atoms with Crippen molar-refractivity contribution in [1.82, 2.24) is 20.2 Å². The Labute approximate surface area is 118 Å². The second kappa shape index (κ2) is 6.65. The topological polar surface area (TPSA) is 86.9 Å². The van der Waals surface area contributed by atoms with Gasteiger partial charge in [-0.2, -0.15) is 5.10 Å². The van der Waals surface area contributed by atoms with Crippen LogP contribution in [-0.4, -0.2) is 25.2 Å². The highest BCUT2D eigenvalue weighted by Gasteiger charge is 2.17. The first-order valence-corrected chi connectivity index (χ1v) is 7.87. The average molecular weight is 294 g/mol. The molecular formula is C13H18N4O2S. The van der Waals surface area contributed by atoms with E-state index in [-0.39, 0.29) is 6.54 Å². The van der Waals surface area contributed by atoms with E-state index in [9.17, 15) is 8.42 Å². The number of aromatic amines is 1. The van der Waals surface area contributed by atoms with Gasteiger partial charge in [-0.1, -0.05) is 25.1 Å². The number of rotatable bonds is 7. The quantitative estimate of drug-likeness (QED) is 0.711. The Balaban J connectivity index is 2.16. The van der Waals surface area contributed by atoms with Crippen molar-refractivity contribution in [2.75, 3.05) is 6.54 Å². The van der Waals surface area contributed by atoms with E-state index in [1.807, 2.05) is 19.1 Å². The zero-order chi connectivity index (χ0) is 14.4. The Bertz CT molecular complexity index is 638. The maximum atomic E-state index is 12.3. The Morgan fingerprint density at radius 1 is 1.25 bits per heavy atom. The highest BCUT2D eigenvalue weighted by atomic mass is 32.2. The molecule has 0 aliphatic carbocycles. The summed E-state index contributed by atoms with van der Waals surface area (Å²) in [6.07, 6.45) is 3.25. The van der Waals surface area contributed by atoms with Crippen LogP contribution in [0.2, 0.25) is 0 Å². The summed E-state index contributed by atoms with van der Waals surface area (Å²) in [4.78, 5) is 0.310. The van der Waals surface area contributed by atoms with Crippen molar-refractivity contribution in [2.45, 2.75) is 24.9 Å². The van der Waals surface area contributed by atoms with Gasteiger partial charge >= 0.3 is 0 Å². The van der Waals surface area contributed by atoms with Gasteiger partial charge in [0.25, 0.3) is 0 Å². The molecule has 7 heteroatoms. The fourth-order valence-electron chi connectivity index (χ4n) is 1.80. The molecule has 0 radical (unpaired) electrons. The Morgan fingerprint density at radius 2 is 2.05 bits per heavy atom. The molecular weight excluding hydrogens is 276 g/mol. The predicted molar refractivity (Wildman–Crippen MR) is 76.4 cm³/mol. The monoisotopic (exact) mass is 294 g/mol. The molecule has 2 rings (SSSR count). The molecule has 0 bridgehead atoms. The third-order valence-corrected chi connectivity index (χ3v) is 4.35. The van der Waals surface area contributed by atoms with E-state index >= 15 is 0 Å². The van der Waals surface area contributed by atoms with Gasteiger partial charge in [0.15, 0.2) is 0 Å². The molecule has 0 aliphatic rings.